The van der Waals surface area contributed by atoms with Crippen molar-refractivity contribution in [1.82, 2.24) is 29.6 Å². The second-order valence-electron chi connectivity index (χ2n) is 7.48. The van der Waals surface area contributed by atoms with Crippen molar-refractivity contribution < 1.29 is 14.0 Å². The van der Waals surface area contributed by atoms with E-state index in [0.717, 1.165) is 17.3 Å². The molecule has 0 aliphatic carbocycles. The predicted molar refractivity (Wildman–Crippen MR) is 113 cm³/mol. The van der Waals surface area contributed by atoms with Gasteiger partial charge in [-0.25, -0.2) is 19.0 Å². The Morgan fingerprint density at radius 2 is 2.03 bits per heavy atom. The number of hydrogen-bond acceptors (Lipinski definition) is 6. The Kier molecular flexibility index (Phi) is 6.78. The van der Waals surface area contributed by atoms with E-state index in [4.69, 9.17) is 0 Å². The normalized spacial score (nSPS) is 11.9. The van der Waals surface area contributed by atoms with E-state index < -0.39 is 11.9 Å². The van der Waals surface area contributed by atoms with Crippen molar-refractivity contribution in [2.75, 3.05) is 19.0 Å². The van der Waals surface area contributed by atoms with E-state index in [-0.39, 0.29) is 18.2 Å². The summed E-state index contributed by atoms with van der Waals surface area (Å²) in [7, 11) is 3.87. The molecule has 0 saturated heterocycles. The van der Waals surface area contributed by atoms with Crippen molar-refractivity contribution in [3.63, 3.8) is 0 Å². The number of benzene rings is 1. The first kappa shape index (κ1) is 22.1. The number of carbonyl (C=O) groups excluding carboxylic acids is 2. The summed E-state index contributed by atoms with van der Waals surface area (Å²) < 4.78 is 17.2. The van der Waals surface area contributed by atoms with Crippen molar-refractivity contribution >= 4 is 18.0 Å². The average Bonchev–Trinajstić information content (AvgIpc) is 3.30. The summed E-state index contributed by atoms with van der Waals surface area (Å²) in [5, 5.41) is 6.75. The van der Waals surface area contributed by atoms with Gasteiger partial charge in [-0.15, -0.1) is 5.10 Å². The van der Waals surface area contributed by atoms with Crippen LogP contribution in [0.25, 0.3) is 0 Å². The highest BCUT2D eigenvalue weighted by atomic mass is 19.1. The van der Waals surface area contributed by atoms with Crippen LogP contribution in [0.2, 0.25) is 0 Å². The molecule has 3 aromatic rings. The lowest BCUT2D eigenvalue weighted by molar-refractivity contribution is -0.109. The molecule has 1 amide bonds. The maximum Gasteiger partial charge on any atom is 0.291 e. The van der Waals surface area contributed by atoms with E-state index in [0.29, 0.717) is 24.8 Å². The molecular weight excluding hydrogens is 401 g/mol. The van der Waals surface area contributed by atoms with Crippen LogP contribution in [-0.4, -0.2) is 56.6 Å². The zero-order valence-corrected chi connectivity index (χ0v) is 18.0. The zero-order chi connectivity index (χ0) is 22.5. The second-order valence-corrected chi connectivity index (χ2v) is 7.48. The van der Waals surface area contributed by atoms with Gasteiger partial charge in [0.1, 0.15) is 30.1 Å². The van der Waals surface area contributed by atoms with Gasteiger partial charge in [-0.3, -0.25) is 4.79 Å². The Morgan fingerprint density at radius 1 is 1.29 bits per heavy atom. The molecule has 1 unspecified atom stereocenters. The first-order valence-electron chi connectivity index (χ1n) is 9.90. The number of amides is 1. The molecule has 3 rings (SSSR count). The van der Waals surface area contributed by atoms with Gasteiger partial charge in [-0.05, 0) is 26.3 Å². The Balaban J connectivity index is 1.63. The molecule has 2 heterocycles. The minimum Gasteiger partial charge on any atom is -0.363 e. The fourth-order valence-electron chi connectivity index (χ4n) is 3.49. The van der Waals surface area contributed by atoms with Crippen LogP contribution in [0.4, 0.5) is 10.2 Å². The fourth-order valence-corrected chi connectivity index (χ4v) is 3.49. The van der Waals surface area contributed by atoms with E-state index in [2.05, 4.69) is 20.4 Å². The third kappa shape index (κ3) is 5.14. The molecule has 0 fully saturated rings. The summed E-state index contributed by atoms with van der Waals surface area (Å²) in [5.74, 6) is 0.808. The van der Waals surface area contributed by atoms with E-state index in [1.54, 1.807) is 18.2 Å². The summed E-state index contributed by atoms with van der Waals surface area (Å²) in [6.07, 6.45) is 2.45. The number of carbonyl (C=O) groups is 2. The largest absolute Gasteiger partial charge is 0.363 e. The van der Waals surface area contributed by atoms with Crippen LogP contribution in [0, 0.1) is 19.7 Å². The Bertz CT molecular complexity index is 1070. The monoisotopic (exact) mass is 427 g/mol. The van der Waals surface area contributed by atoms with E-state index >= 15 is 0 Å². The van der Waals surface area contributed by atoms with E-state index in [9.17, 15) is 14.0 Å². The number of imidazole rings is 1. The molecule has 10 heteroatoms. The van der Waals surface area contributed by atoms with Crippen molar-refractivity contribution in [2.24, 2.45) is 0 Å². The van der Waals surface area contributed by atoms with Gasteiger partial charge in [0.15, 0.2) is 0 Å². The summed E-state index contributed by atoms with van der Waals surface area (Å²) in [4.78, 5) is 34.5. The van der Waals surface area contributed by atoms with Gasteiger partial charge < -0.3 is 19.6 Å². The summed E-state index contributed by atoms with van der Waals surface area (Å²) in [6, 6.07) is 5.62. The Hall–Kier alpha value is -3.56. The number of halogens is 1. The summed E-state index contributed by atoms with van der Waals surface area (Å²) in [5.41, 5.74) is 1.34. The Labute approximate surface area is 179 Å². The SMILES string of the molecule is Cc1nc(C)n(CCC(C=O)NC(=O)c2ncn(Cc3ccccc3F)n2)c1N(C)C. The molecule has 0 saturated carbocycles. The van der Waals surface area contributed by atoms with E-state index in [1.807, 2.05) is 37.4 Å². The minimum absolute atomic E-state index is 0.0770. The molecule has 164 valence electrons. The lowest BCUT2D eigenvalue weighted by atomic mass is 10.2. The quantitative estimate of drug-likeness (QED) is 0.523. The topological polar surface area (TPSA) is 97.9 Å². The molecule has 2 aromatic heterocycles. The van der Waals surface area contributed by atoms with Crippen molar-refractivity contribution in [3.8, 4) is 0 Å². The molecule has 1 N–H and O–H groups in total. The van der Waals surface area contributed by atoms with Crippen LogP contribution in [0.1, 0.15) is 34.1 Å². The van der Waals surface area contributed by atoms with Gasteiger partial charge in [0, 0.05) is 26.2 Å². The van der Waals surface area contributed by atoms with Gasteiger partial charge in [0.25, 0.3) is 5.91 Å². The van der Waals surface area contributed by atoms with Gasteiger partial charge in [0.2, 0.25) is 5.82 Å². The van der Waals surface area contributed by atoms with Gasteiger partial charge in [0.05, 0.1) is 18.3 Å². The number of aryl methyl sites for hydroxylation is 2. The smallest absolute Gasteiger partial charge is 0.291 e. The zero-order valence-electron chi connectivity index (χ0n) is 18.0. The van der Waals surface area contributed by atoms with Crippen LogP contribution in [-0.2, 0) is 17.9 Å². The van der Waals surface area contributed by atoms with Gasteiger partial charge >= 0.3 is 0 Å². The number of nitrogens with zero attached hydrogens (tertiary/aromatic N) is 6. The number of nitrogens with one attached hydrogen (secondary N) is 1. The Morgan fingerprint density at radius 3 is 2.71 bits per heavy atom. The van der Waals surface area contributed by atoms with E-state index in [1.165, 1.54) is 17.1 Å². The van der Waals surface area contributed by atoms with Crippen LogP contribution in [0.5, 0.6) is 0 Å². The van der Waals surface area contributed by atoms with Gasteiger partial charge in [-0.1, -0.05) is 18.2 Å². The number of rotatable bonds is 9. The number of hydrogen-bond donors (Lipinski definition) is 1. The molecule has 0 radical (unpaired) electrons. The molecule has 9 nitrogen and oxygen atoms in total. The lowest BCUT2D eigenvalue weighted by Gasteiger charge is -2.19. The van der Waals surface area contributed by atoms with Crippen molar-refractivity contribution in [2.45, 2.75) is 39.4 Å². The number of aldehydes is 1. The van der Waals surface area contributed by atoms with Crippen molar-refractivity contribution in [3.05, 3.63) is 59.3 Å². The fraction of sp³-hybridized carbons (Fsp3) is 0.381. The highest BCUT2D eigenvalue weighted by Gasteiger charge is 2.19. The van der Waals surface area contributed by atoms with Crippen LogP contribution in [0.3, 0.4) is 0 Å². The molecular formula is C21H26FN7O2. The van der Waals surface area contributed by atoms with Gasteiger partial charge in [-0.2, -0.15) is 0 Å². The number of anilines is 1. The molecule has 1 aromatic carbocycles. The third-order valence-corrected chi connectivity index (χ3v) is 4.90. The highest BCUT2D eigenvalue weighted by molar-refractivity contribution is 5.92. The van der Waals surface area contributed by atoms with Crippen molar-refractivity contribution in [1.29, 1.82) is 0 Å². The summed E-state index contributed by atoms with van der Waals surface area (Å²) >= 11 is 0. The standard InChI is InChI=1S/C21H26FN7O2/c1-14-21(27(3)4)29(15(2)24-14)10-9-17(12-30)25-20(31)19-23-13-28(26-19)11-16-7-5-6-8-18(16)22/h5-8,12-13,17H,9-11H2,1-4H3,(H,25,31). The maximum atomic E-state index is 13.8. The molecule has 0 aliphatic heterocycles. The lowest BCUT2D eigenvalue weighted by Crippen LogP contribution is -2.37. The predicted octanol–water partition coefficient (Wildman–Crippen LogP) is 1.73. The van der Waals surface area contributed by atoms with Crippen LogP contribution < -0.4 is 10.2 Å². The molecule has 0 spiro atoms. The summed E-state index contributed by atoms with van der Waals surface area (Å²) in [6.45, 7) is 4.50. The molecule has 0 bridgehead atoms. The maximum absolute atomic E-state index is 13.8. The molecule has 1 atom stereocenters. The highest BCUT2D eigenvalue weighted by Crippen LogP contribution is 2.20. The molecule has 31 heavy (non-hydrogen) atoms. The second kappa shape index (κ2) is 9.50. The van der Waals surface area contributed by atoms with Crippen LogP contribution >= 0.6 is 0 Å². The third-order valence-electron chi connectivity index (χ3n) is 4.90. The number of aromatic nitrogens is 5. The first-order valence-corrected chi connectivity index (χ1v) is 9.90. The minimum atomic E-state index is -0.705. The first-order chi connectivity index (χ1) is 14.8. The van der Waals surface area contributed by atoms with Crippen LogP contribution in [0.15, 0.2) is 30.6 Å². The average molecular weight is 427 g/mol. The molecule has 0 aliphatic rings.